The topological polar surface area (TPSA) is 53.4 Å². The van der Waals surface area contributed by atoms with E-state index in [-0.39, 0.29) is 6.61 Å². The standard InChI is InChI=1S/C6H9NO2S/c8-2-1-6(9)5-3-10-4-7-5/h3-4,6,8-9H,1-2H2. The molecule has 4 heteroatoms. The zero-order chi connectivity index (χ0) is 7.40. The van der Waals surface area contributed by atoms with Gasteiger partial charge in [-0.15, -0.1) is 11.3 Å². The summed E-state index contributed by atoms with van der Waals surface area (Å²) in [7, 11) is 0. The Kier molecular flexibility index (Phi) is 2.80. The third kappa shape index (κ3) is 1.76. The Balaban J connectivity index is 2.50. The van der Waals surface area contributed by atoms with E-state index in [4.69, 9.17) is 5.11 Å². The third-order valence-electron chi connectivity index (χ3n) is 1.20. The maximum absolute atomic E-state index is 9.19. The van der Waals surface area contributed by atoms with Gasteiger partial charge in [-0.05, 0) is 0 Å². The van der Waals surface area contributed by atoms with Crippen molar-refractivity contribution >= 4 is 11.3 Å². The lowest BCUT2D eigenvalue weighted by atomic mass is 10.2. The van der Waals surface area contributed by atoms with Crippen LogP contribution in [-0.4, -0.2) is 21.8 Å². The molecule has 1 rings (SSSR count). The second-order valence-corrected chi connectivity index (χ2v) is 2.66. The molecule has 1 heterocycles. The minimum Gasteiger partial charge on any atom is -0.396 e. The molecular formula is C6H9NO2S. The number of hydrogen-bond donors (Lipinski definition) is 2. The van der Waals surface area contributed by atoms with Gasteiger partial charge in [0, 0.05) is 18.4 Å². The number of aromatic nitrogens is 1. The largest absolute Gasteiger partial charge is 0.396 e. The maximum atomic E-state index is 9.19. The highest BCUT2D eigenvalue weighted by atomic mass is 32.1. The Morgan fingerprint density at radius 3 is 3.00 bits per heavy atom. The van der Waals surface area contributed by atoms with Crippen LogP contribution < -0.4 is 0 Å². The van der Waals surface area contributed by atoms with Crippen molar-refractivity contribution in [2.24, 2.45) is 0 Å². The summed E-state index contributed by atoms with van der Waals surface area (Å²) in [5, 5.41) is 19.4. The average molecular weight is 159 g/mol. The summed E-state index contributed by atoms with van der Waals surface area (Å²) in [5.41, 5.74) is 2.31. The molecule has 10 heavy (non-hydrogen) atoms. The molecule has 0 fully saturated rings. The molecule has 0 aromatic carbocycles. The maximum Gasteiger partial charge on any atom is 0.0990 e. The van der Waals surface area contributed by atoms with E-state index in [0.717, 1.165) is 0 Å². The van der Waals surface area contributed by atoms with E-state index in [1.165, 1.54) is 11.3 Å². The summed E-state index contributed by atoms with van der Waals surface area (Å²) in [5.74, 6) is 0. The summed E-state index contributed by atoms with van der Waals surface area (Å²) >= 11 is 1.44. The van der Waals surface area contributed by atoms with E-state index in [9.17, 15) is 5.11 Å². The molecule has 56 valence electrons. The molecule has 0 aliphatic heterocycles. The molecule has 1 aromatic rings. The van der Waals surface area contributed by atoms with Crippen molar-refractivity contribution in [3.8, 4) is 0 Å². The Bertz CT molecular complexity index is 176. The molecule has 0 spiro atoms. The smallest absolute Gasteiger partial charge is 0.0990 e. The molecule has 2 N–H and O–H groups in total. The van der Waals surface area contributed by atoms with Crippen LogP contribution >= 0.6 is 11.3 Å². The number of hydrogen-bond acceptors (Lipinski definition) is 4. The monoisotopic (exact) mass is 159 g/mol. The van der Waals surface area contributed by atoms with Gasteiger partial charge in [-0.3, -0.25) is 0 Å². The molecule has 0 aliphatic rings. The molecule has 1 unspecified atom stereocenters. The summed E-state index contributed by atoms with van der Waals surface area (Å²) in [6.07, 6.45) is -0.236. The second-order valence-electron chi connectivity index (χ2n) is 1.94. The molecule has 0 aliphatic carbocycles. The van der Waals surface area contributed by atoms with Gasteiger partial charge in [0.25, 0.3) is 0 Å². The zero-order valence-corrected chi connectivity index (χ0v) is 6.21. The molecule has 0 amide bonds. The summed E-state index contributed by atoms with van der Waals surface area (Å²) in [4.78, 5) is 3.89. The van der Waals surface area contributed by atoms with Crippen molar-refractivity contribution in [1.82, 2.24) is 4.98 Å². The predicted octanol–water partition coefficient (Wildman–Crippen LogP) is 0.559. The highest BCUT2D eigenvalue weighted by Gasteiger charge is 2.06. The Hall–Kier alpha value is -0.450. The normalized spacial score (nSPS) is 13.4. The van der Waals surface area contributed by atoms with Crippen molar-refractivity contribution in [3.05, 3.63) is 16.6 Å². The highest BCUT2D eigenvalue weighted by Crippen LogP contribution is 2.14. The first-order valence-corrected chi connectivity index (χ1v) is 3.96. The Morgan fingerprint density at radius 2 is 2.50 bits per heavy atom. The Labute approximate surface area is 63.0 Å². The van der Waals surface area contributed by atoms with Crippen LogP contribution in [0.5, 0.6) is 0 Å². The van der Waals surface area contributed by atoms with Crippen molar-refractivity contribution in [2.75, 3.05) is 6.61 Å². The van der Waals surface area contributed by atoms with E-state index < -0.39 is 6.10 Å². The molecule has 0 saturated heterocycles. The molecule has 0 bridgehead atoms. The van der Waals surface area contributed by atoms with Gasteiger partial charge in [0.05, 0.1) is 17.3 Å². The minimum atomic E-state index is -0.601. The third-order valence-corrected chi connectivity index (χ3v) is 1.80. The summed E-state index contributed by atoms with van der Waals surface area (Å²) < 4.78 is 0. The number of nitrogens with zero attached hydrogens (tertiary/aromatic N) is 1. The number of rotatable bonds is 3. The van der Waals surface area contributed by atoms with Gasteiger partial charge in [-0.25, -0.2) is 4.98 Å². The van der Waals surface area contributed by atoms with Gasteiger partial charge in [-0.1, -0.05) is 0 Å². The van der Waals surface area contributed by atoms with Gasteiger partial charge < -0.3 is 10.2 Å². The molecule has 0 radical (unpaired) electrons. The van der Waals surface area contributed by atoms with E-state index in [0.29, 0.717) is 12.1 Å². The predicted molar refractivity (Wildman–Crippen MR) is 38.8 cm³/mol. The molecule has 0 saturated carbocycles. The summed E-state index contributed by atoms with van der Waals surface area (Å²) in [6.45, 7) is -0.00130. The molecule has 1 atom stereocenters. The van der Waals surface area contributed by atoms with E-state index in [2.05, 4.69) is 4.98 Å². The number of aliphatic hydroxyl groups is 2. The second kappa shape index (κ2) is 3.65. The van der Waals surface area contributed by atoms with E-state index in [1.54, 1.807) is 10.9 Å². The fourth-order valence-electron chi connectivity index (χ4n) is 0.657. The SMILES string of the molecule is OCCC(O)c1cscn1. The van der Waals surface area contributed by atoms with Crippen LogP contribution in [0.25, 0.3) is 0 Å². The zero-order valence-electron chi connectivity index (χ0n) is 5.40. The molecule has 3 nitrogen and oxygen atoms in total. The number of thiazole rings is 1. The van der Waals surface area contributed by atoms with E-state index in [1.807, 2.05) is 0 Å². The van der Waals surface area contributed by atoms with Crippen LogP contribution in [0.1, 0.15) is 18.2 Å². The van der Waals surface area contributed by atoms with Crippen molar-refractivity contribution in [2.45, 2.75) is 12.5 Å². The van der Waals surface area contributed by atoms with Crippen LogP contribution in [0.4, 0.5) is 0 Å². The number of aliphatic hydroxyl groups excluding tert-OH is 2. The fraction of sp³-hybridized carbons (Fsp3) is 0.500. The van der Waals surface area contributed by atoms with Gasteiger partial charge >= 0.3 is 0 Å². The first-order chi connectivity index (χ1) is 4.84. The highest BCUT2D eigenvalue weighted by molar-refractivity contribution is 7.07. The van der Waals surface area contributed by atoms with Crippen LogP contribution in [0.15, 0.2) is 10.9 Å². The molecular weight excluding hydrogens is 150 g/mol. The lowest BCUT2D eigenvalue weighted by molar-refractivity contribution is 0.131. The lowest BCUT2D eigenvalue weighted by Crippen LogP contribution is -1.99. The first-order valence-electron chi connectivity index (χ1n) is 3.01. The lowest BCUT2D eigenvalue weighted by Gasteiger charge is -2.02. The average Bonchev–Trinajstić information content (AvgIpc) is 2.38. The summed E-state index contributed by atoms with van der Waals surface area (Å²) in [6, 6.07) is 0. The first kappa shape index (κ1) is 7.65. The van der Waals surface area contributed by atoms with Crippen LogP contribution in [-0.2, 0) is 0 Å². The molecule has 1 aromatic heterocycles. The van der Waals surface area contributed by atoms with Gasteiger partial charge in [0.2, 0.25) is 0 Å². The van der Waals surface area contributed by atoms with Gasteiger partial charge in [0.1, 0.15) is 0 Å². The van der Waals surface area contributed by atoms with Crippen LogP contribution in [0, 0.1) is 0 Å². The Morgan fingerprint density at radius 1 is 1.70 bits per heavy atom. The van der Waals surface area contributed by atoms with Crippen molar-refractivity contribution < 1.29 is 10.2 Å². The quantitative estimate of drug-likeness (QED) is 0.677. The fourth-order valence-corrected chi connectivity index (χ4v) is 1.26. The van der Waals surface area contributed by atoms with Crippen LogP contribution in [0.3, 0.4) is 0 Å². The van der Waals surface area contributed by atoms with Gasteiger partial charge in [0.15, 0.2) is 0 Å². The van der Waals surface area contributed by atoms with E-state index >= 15 is 0 Å². The van der Waals surface area contributed by atoms with Gasteiger partial charge in [-0.2, -0.15) is 0 Å². The minimum absolute atomic E-state index is 0.00130. The van der Waals surface area contributed by atoms with Crippen LogP contribution in [0.2, 0.25) is 0 Å². The van der Waals surface area contributed by atoms with Crippen molar-refractivity contribution in [1.29, 1.82) is 0 Å². The van der Waals surface area contributed by atoms with Crippen molar-refractivity contribution in [3.63, 3.8) is 0 Å².